The largest absolute Gasteiger partial charge is 0.465 e. The number of nitrogens with zero attached hydrogens (tertiary/aromatic N) is 2. The van der Waals surface area contributed by atoms with Gasteiger partial charge in [-0.3, -0.25) is 14.0 Å². The second-order valence-corrected chi connectivity index (χ2v) is 13.6. The van der Waals surface area contributed by atoms with Gasteiger partial charge in [0.15, 0.2) is 0 Å². The summed E-state index contributed by atoms with van der Waals surface area (Å²) in [7, 11) is -3.75. The van der Waals surface area contributed by atoms with E-state index >= 15 is 0 Å². The molecule has 0 amide bonds. The van der Waals surface area contributed by atoms with E-state index in [0.29, 0.717) is 31.0 Å². The average molecular weight is 551 g/mol. The molecule has 3 atom stereocenters. The predicted molar refractivity (Wildman–Crippen MR) is 150 cm³/mol. The molecule has 0 N–H and O–H groups in total. The lowest BCUT2D eigenvalue weighted by atomic mass is 9.90. The van der Waals surface area contributed by atoms with Crippen LogP contribution in [0.1, 0.15) is 58.7 Å². The summed E-state index contributed by atoms with van der Waals surface area (Å²) in [4.78, 5) is 18.3. The number of anilines is 1. The van der Waals surface area contributed by atoms with E-state index in [0.717, 1.165) is 47.4 Å². The highest BCUT2D eigenvalue weighted by Gasteiger charge is 2.52. The fraction of sp³-hybridized carbons (Fsp3) is 0.433. The molecule has 2 aromatic carbocycles. The Morgan fingerprint density at radius 2 is 1.79 bits per heavy atom. The van der Waals surface area contributed by atoms with Crippen molar-refractivity contribution >= 4 is 33.0 Å². The van der Waals surface area contributed by atoms with Crippen LogP contribution in [0.5, 0.6) is 0 Å². The molecule has 3 heterocycles. The van der Waals surface area contributed by atoms with Crippen LogP contribution in [0.4, 0.5) is 5.69 Å². The minimum absolute atomic E-state index is 0.000875. The first-order chi connectivity index (χ1) is 18.4. The second-order valence-electron chi connectivity index (χ2n) is 10.6. The van der Waals surface area contributed by atoms with Gasteiger partial charge in [0.25, 0.3) is 10.0 Å². The number of ether oxygens (including phenoxy) is 1. The third kappa shape index (κ3) is 4.36. The summed E-state index contributed by atoms with van der Waals surface area (Å²) in [6.07, 6.45) is 4.67. The number of carbonyl (C=O) groups is 1. The van der Waals surface area contributed by atoms with Crippen LogP contribution in [-0.2, 0) is 38.9 Å². The quantitative estimate of drug-likeness (QED) is 0.372. The minimum atomic E-state index is -3.75. The fourth-order valence-electron chi connectivity index (χ4n) is 6.43. The van der Waals surface area contributed by atoms with Gasteiger partial charge in [-0.2, -0.15) is 0 Å². The molecule has 38 heavy (non-hydrogen) atoms. The van der Waals surface area contributed by atoms with Crippen molar-refractivity contribution in [1.82, 2.24) is 4.90 Å². The Kier molecular flexibility index (Phi) is 6.82. The monoisotopic (exact) mass is 550 g/mol. The Hall–Kier alpha value is -2.68. The van der Waals surface area contributed by atoms with Crippen LogP contribution in [0.15, 0.2) is 59.5 Å². The van der Waals surface area contributed by atoms with Gasteiger partial charge in [-0.05, 0) is 69.2 Å². The van der Waals surface area contributed by atoms with Crippen molar-refractivity contribution in [2.75, 3.05) is 17.5 Å². The Morgan fingerprint density at radius 1 is 1.05 bits per heavy atom. The lowest BCUT2D eigenvalue weighted by Crippen LogP contribution is -2.43. The van der Waals surface area contributed by atoms with Crippen LogP contribution in [0.3, 0.4) is 0 Å². The first kappa shape index (κ1) is 25.6. The molecule has 1 saturated heterocycles. The smallest absolute Gasteiger partial charge is 0.323 e. The number of fused-ring (bicyclic) bond motifs is 5. The zero-order valence-electron chi connectivity index (χ0n) is 21.9. The van der Waals surface area contributed by atoms with E-state index < -0.39 is 16.1 Å². The van der Waals surface area contributed by atoms with Gasteiger partial charge in [0.2, 0.25) is 0 Å². The number of aryl methyl sites for hydroxylation is 2. The van der Waals surface area contributed by atoms with Gasteiger partial charge in [0.1, 0.15) is 6.04 Å². The summed E-state index contributed by atoms with van der Waals surface area (Å²) >= 11 is 1.77. The predicted octanol–water partition coefficient (Wildman–Crippen LogP) is 5.64. The lowest BCUT2D eigenvalue weighted by Gasteiger charge is -2.39. The van der Waals surface area contributed by atoms with Crippen LogP contribution < -0.4 is 4.31 Å². The number of thiophene rings is 1. The highest BCUT2D eigenvalue weighted by atomic mass is 32.2. The molecule has 0 unspecified atom stereocenters. The number of hydrogen-bond acceptors (Lipinski definition) is 6. The summed E-state index contributed by atoms with van der Waals surface area (Å²) in [5.74, 6) is -0.213. The molecule has 8 heteroatoms. The Bertz CT molecular complexity index is 1430. The number of rotatable bonds is 6. The van der Waals surface area contributed by atoms with E-state index in [1.165, 1.54) is 10.4 Å². The van der Waals surface area contributed by atoms with Crippen molar-refractivity contribution < 1.29 is 17.9 Å². The Labute approximate surface area is 229 Å². The molecule has 3 aromatic rings. The van der Waals surface area contributed by atoms with E-state index in [1.54, 1.807) is 27.8 Å². The van der Waals surface area contributed by atoms with Gasteiger partial charge in [-0.1, -0.05) is 48.0 Å². The number of hydrogen-bond donors (Lipinski definition) is 0. The minimum Gasteiger partial charge on any atom is -0.465 e. The van der Waals surface area contributed by atoms with E-state index in [1.807, 2.05) is 44.2 Å². The van der Waals surface area contributed by atoms with Crippen LogP contribution in [0, 0.1) is 12.8 Å². The first-order valence-corrected chi connectivity index (χ1v) is 15.8. The molecule has 0 bridgehead atoms. The Balaban J connectivity index is 1.48. The topological polar surface area (TPSA) is 66.9 Å². The standard InChI is InChI=1S/C30H34N2O4S2/c1-3-36-30(33)25-17-22-19-32(38(34,35)23-15-13-20(2)14-16-23)28-24-11-7-8-12-26(24)37-29(28)27(22)31(25)18-21-9-5-4-6-10-21/h4-6,9-10,13-16,22,25,27H,3,7-8,11-12,17-19H2,1-2H3/t22-,25-,27-/m0/s1. The van der Waals surface area contributed by atoms with Crippen LogP contribution in [0.2, 0.25) is 0 Å². The van der Waals surface area contributed by atoms with Gasteiger partial charge < -0.3 is 4.74 Å². The van der Waals surface area contributed by atoms with Crippen molar-refractivity contribution in [2.45, 2.75) is 69.5 Å². The molecule has 0 radical (unpaired) electrons. The first-order valence-electron chi connectivity index (χ1n) is 13.6. The number of carbonyl (C=O) groups excluding carboxylic acids is 1. The normalized spacial score (nSPS) is 23.0. The number of benzene rings is 2. The van der Waals surface area contributed by atoms with E-state index in [2.05, 4.69) is 17.0 Å². The molecular weight excluding hydrogens is 516 g/mol. The summed E-state index contributed by atoms with van der Waals surface area (Å²) in [5.41, 5.74) is 4.25. The number of esters is 1. The summed E-state index contributed by atoms with van der Waals surface area (Å²) in [6, 6.07) is 17.0. The molecule has 200 valence electrons. The molecule has 1 fully saturated rings. The summed E-state index contributed by atoms with van der Waals surface area (Å²) in [6.45, 7) is 5.13. The average Bonchev–Trinajstić information content (AvgIpc) is 3.48. The zero-order chi connectivity index (χ0) is 26.4. The van der Waals surface area contributed by atoms with Gasteiger partial charge in [0, 0.05) is 28.8 Å². The van der Waals surface area contributed by atoms with Gasteiger partial charge in [-0.15, -0.1) is 11.3 Å². The second kappa shape index (κ2) is 10.1. The molecule has 2 aliphatic heterocycles. The summed E-state index contributed by atoms with van der Waals surface area (Å²) in [5, 5.41) is 0. The molecule has 6 nitrogen and oxygen atoms in total. The van der Waals surface area contributed by atoms with E-state index in [-0.39, 0.29) is 17.9 Å². The molecule has 0 saturated carbocycles. The van der Waals surface area contributed by atoms with Crippen molar-refractivity contribution in [3.63, 3.8) is 0 Å². The highest BCUT2D eigenvalue weighted by Crippen LogP contribution is 2.56. The number of likely N-dealkylation sites (tertiary alicyclic amines) is 1. The maximum absolute atomic E-state index is 14.1. The SMILES string of the molecule is CCOC(=O)[C@@H]1C[C@H]2CN(S(=O)(=O)c3ccc(C)cc3)c3c(sc4c3CCCC4)[C@H]2N1Cc1ccccc1. The Morgan fingerprint density at radius 3 is 2.53 bits per heavy atom. The van der Waals surface area contributed by atoms with Gasteiger partial charge in [0.05, 0.1) is 23.2 Å². The third-order valence-electron chi connectivity index (χ3n) is 8.19. The zero-order valence-corrected chi connectivity index (χ0v) is 23.6. The van der Waals surface area contributed by atoms with Crippen molar-refractivity contribution in [2.24, 2.45) is 5.92 Å². The maximum Gasteiger partial charge on any atom is 0.323 e. The molecular formula is C30H34N2O4S2. The number of sulfonamides is 1. The summed E-state index contributed by atoms with van der Waals surface area (Å²) < 4.78 is 35.5. The molecule has 3 aliphatic rings. The third-order valence-corrected chi connectivity index (χ3v) is 11.3. The van der Waals surface area contributed by atoms with Crippen LogP contribution >= 0.6 is 11.3 Å². The van der Waals surface area contributed by atoms with Crippen LogP contribution in [0.25, 0.3) is 0 Å². The van der Waals surface area contributed by atoms with Gasteiger partial charge in [-0.25, -0.2) is 8.42 Å². The van der Waals surface area contributed by atoms with Crippen molar-refractivity contribution in [1.29, 1.82) is 0 Å². The lowest BCUT2D eigenvalue weighted by molar-refractivity contribution is -0.149. The fourth-order valence-corrected chi connectivity index (χ4v) is 9.67. The van der Waals surface area contributed by atoms with Gasteiger partial charge >= 0.3 is 5.97 Å². The molecule has 1 aliphatic carbocycles. The van der Waals surface area contributed by atoms with E-state index in [4.69, 9.17) is 4.74 Å². The molecule has 1 aromatic heterocycles. The van der Waals surface area contributed by atoms with Crippen molar-refractivity contribution in [3.8, 4) is 0 Å². The molecule has 6 rings (SSSR count). The maximum atomic E-state index is 14.1. The van der Waals surface area contributed by atoms with E-state index in [9.17, 15) is 13.2 Å². The highest BCUT2D eigenvalue weighted by molar-refractivity contribution is 7.92. The molecule has 0 spiro atoms. The van der Waals surface area contributed by atoms with Crippen LogP contribution in [-0.4, -0.2) is 38.5 Å². The van der Waals surface area contributed by atoms with Crippen molar-refractivity contribution in [3.05, 3.63) is 81.0 Å².